The molecule has 146 valence electrons. The lowest BCUT2D eigenvalue weighted by molar-refractivity contribution is 0.353. The fourth-order valence-corrected chi connectivity index (χ4v) is 3.85. The van der Waals surface area contributed by atoms with E-state index in [9.17, 15) is 8.78 Å². The maximum atomic E-state index is 14.2. The minimum atomic E-state index is -0.849. The van der Waals surface area contributed by atoms with Crippen LogP contribution in [0.15, 0.2) is 42.5 Å². The van der Waals surface area contributed by atoms with Crippen molar-refractivity contribution >= 4 is 16.6 Å². The molecule has 2 N–H and O–H groups in total. The second-order valence-electron chi connectivity index (χ2n) is 7.33. The second kappa shape index (κ2) is 8.61. The van der Waals surface area contributed by atoms with Crippen molar-refractivity contribution in [1.29, 1.82) is 0 Å². The molecule has 0 amide bonds. The Morgan fingerprint density at radius 3 is 2.82 bits per heavy atom. The summed E-state index contributed by atoms with van der Waals surface area (Å²) in [6.07, 6.45) is 4.82. The Morgan fingerprint density at radius 2 is 2.00 bits per heavy atom. The number of nitrogens with zero attached hydrogens (tertiary/aromatic N) is 2. The number of anilines is 1. The Hall–Kier alpha value is -2.60. The van der Waals surface area contributed by atoms with Gasteiger partial charge in [0.15, 0.2) is 0 Å². The van der Waals surface area contributed by atoms with Crippen LogP contribution in [0.25, 0.3) is 22.2 Å². The minimum Gasteiger partial charge on any atom is -0.384 e. The fourth-order valence-electron chi connectivity index (χ4n) is 3.85. The summed E-state index contributed by atoms with van der Waals surface area (Å²) in [6, 6.07) is 12.1. The molecule has 6 heteroatoms. The first-order chi connectivity index (χ1) is 13.7. The summed E-state index contributed by atoms with van der Waals surface area (Å²) in [6.45, 7) is 3.09. The quantitative estimate of drug-likeness (QED) is 0.476. The summed E-state index contributed by atoms with van der Waals surface area (Å²) in [7, 11) is 0. The summed E-state index contributed by atoms with van der Waals surface area (Å²) < 4.78 is 27.3. The minimum absolute atomic E-state index is 0.198. The van der Waals surface area contributed by atoms with Gasteiger partial charge in [0, 0.05) is 17.6 Å². The van der Waals surface area contributed by atoms with Gasteiger partial charge in [0.2, 0.25) is 11.9 Å². The highest BCUT2D eigenvalue weighted by molar-refractivity contribution is 5.93. The monoisotopic (exact) mass is 382 g/mol. The maximum absolute atomic E-state index is 14.2. The smallest absolute Gasteiger partial charge is 0.224 e. The molecule has 0 aliphatic carbocycles. The van der Waals surface area contributed by atoms with Crippen molar-refractivity contribution in [2.24, 2.45) is 5.92 Å². The molecule has 1 fully saturated rings. The first kappa shape index (κ1) is 18.7. The van der Waals surface area contributed by atoms with E-state index in [-0.39, 0.29) is 5.56 Å². The Balaban J connectivity index is 1.54. The van der Waals surface area contributed by atoms with E-state index in [0.29, 0.717) is 5.69 Å². The van der Waals surface area contributed by atoms with Gasteiger partial charge in [0.05, 0.1) is 16.8 Å². The van der Waals surface area contributed by atoms with Gasteiger partial charge in [-0.25, -0.2) is 4.98 Å². The van der Waals surface area contributed by atoms with Crippen LogP contribution in [-0.4, -0.2) is 29.6 Å². The van der Waals surface area contributed by atoms with Gasteiger partial charge in [-0.2, -0.15) is 13.8 Å². The van der Waals surface area contributed by atoms with Crippen molar-refractivity contribution in [2.75, 3.05) is 25.0 Å². The number of benzene rings is 1. The van der Waals surface area contributed by atoms with Crippen LogP contribution in [-0.2, 0) is 0 Å². The van der Waals surface area contributed by atoms with Crippen LogP contribution in [0.5, 0.6) is 0 Å². The zero-order chi connectivity index (χ0) is 19.3. The first-order valence-corrected chi connectivity index (χ1v) is 9.87. The lowest BCUT2D eigenvalue weighted by Crippen LogP contribution is -2.29. The Kier molecular flexibility index (Phi) is 5.76. The molecule has 3 aromatic rings. The van der Waals surface area contributed by atoms with E-state index < -0.39 is 11.9 Å². The number of hydrogen-bond donors (Lipinski definition) is 2. The fraction of sp³-hybridized carbons (Fsp3) is 0.364. The molecule has 0 radical (unpaired) electrons. The van der Waals surface area contributed by atoms with Crippen molar-refractivity contribution in [3.05, 3.63) is 54.4 Å². The van der Waals surface area contributed by atoms with Gasteiger partial charge < -0.3 is 10.6 Å². The highest BCUT2D eigenvalue weighted by Crippen LogP contribution is 2.29. The van der Waals surface area contributed by atoms with Crippen LogP contribution in [0.3, 0.4) is 0 Å². The number of aromatic nitrogens is 2. The Bertz CT molecular complexity index is 954. The predicted molar refractivity (Wildman–Crippen MR) is 108 cm³/mol. The van der Waals surface area contributed by atoms with Crippen LogP contribution >= 0.6 is 0 Å². The number of pyridine rings is 2. The van der Waals surface area contributed by atoms with Crippen LogP contribution in [0.1, 0.15) is 25.7 Å². The molecular weight excluding hydrogens is 358 g/mol. The van der Waals surface area contributed by atoms with Crippen molar-refractivity contribution in [1.82, 2.24) is 15.3 Å². The van der Waals surface area contributed by atoms with E-state index in [2.05, 4.69) is 20.6 Å². The van der Waals surface area contributed by atoms with Crippen LogP contribution in [0.4, 0.5) is 14.5 Å². The van der Waals surface area contributed by atoms with E-state index >= 15 is 0 Å². The number of hydrogen-bond acceptors (Lipinski definition) is 4. The molecule has 4 nitrogen and oxygen atoms in total. The predicted octanol–water partition coefficient (Wildman–Crippen LogP) is 4.77. The van der Waals surface area contributed by atoms with Gasteiger partial charge in [-0.15, -0.1) is 0 Å². The number of rotatable bonds is 6. The Morgan fingerprint density at radius 1 is 1.11 bits per heavy atom. The van der Waals surface area contributed by atoms with Gasteiger partial charge in [-0.05, 0) is 69.0 Å². The third-order valence-corrected chi connectivity index (χ3v) is 5.31. The van der Waals surface area contributed by atoms with Gasteiger partial charge in [0.25, 0.3) is 0 Å². The molecule has 0 saturated carbocycles. The zero-order valence-electron chi connectivity index (χ0n) is 15.7. The first-order valence-electron chi connectivity index (χ1n) is 9.87. The molecule has 1 atom stereocenters. The average Bonchev–Trinajstić information content (AvgIpc) is 2.72. The van der Waals surface area contributed by atoms with E-state index in [4.69, 9.17) is 0 Å². The van der Waals surface area contributed by atoms with Crippen LogP contribution < -0.4 is 10.6 Å². The van der Waals surface area contributed by atoms with Crippen molar-refractivity contribution in [3.8, 4) is 11.3 Å². The summed E-state index contributed by atoms with van der Waals surface area (Å²) >= 11 is 0. The zero-order valence-corrected chi connectivity index (χ0v) is 15.7. The van der Waals surface area contributed by atoms with Crippen LogP contribution in [0, 0.1) is 17.8 Å². The summed E-state index contributed by atoms with van der Waals surface area (Å²) in [5, 5.41) is 7.93. The molecule has 0 bridgehead atoms. The number of piperidine rings is 1. The molecule has 1 saturated heterocycles. The molecule has 4 rings (SSSR count). The molecule has 1 unspecified atom stereocenters. The lowest BCUT2D eigenvalue weighted by atomic mass is 9.95. The van der Waals surface area contributed by atoms with Crippen molar-refractivity contribution < 1.29 is 8.78 Å². The third kappa shape index (κ3) is 4.28. The largest absolute Gasteiger partial charge is 0.384 e. The highest BCUT2D eigenvalue weighted by atomic mass is 19.1. The SMILES string of the molecule is Fc1ccc(-c2cc(NCCCC3CCCNC3)c3ccccc3n2)c(F)n1. The molecule has 1 aliphatic rings. The van der Waals surface area contributed by atoms with Crippen molar-refractivity contribution in [2.45, 2.75) is 25.7 Å². The van der Waals surface area contributed by atoms with Gasteiger partial charge in [-0.3, -0.25) is 0 Å². The molecule has 1 aliphatic heterocycles. The number of fused-ring (bicyclic) bond motifs is 1. The number of para-hydroxylation sites is 1. The van der Waals surface area contributed by atoms with Crippen LogP contribution in [0.2, 0.25) is 0 Å². The molecule has 1 aromatic carbocycles. The third-order valence-electron chi connectivity index (χ3n) is 5.31. The van der Waals surface area contributed by atoms with Gasteiger partial charge in [0.1, 0.15) is 0 Å². The number of halogens is 2. The summed E-state index contributed by atoms with van der Waals surface area (Å²) in [4.78, 5) is 7.83. The van der Waals surface area contributed by atoms with Crippen molar-refractivity contribution in [3.63, 3.8) is 0 Å². The standard InChI is InChI=1S/C22H24F2N4/c23-21-10-9-17(22(24)28-21)20-13-19(16-7-1-2-8-18(16)27-20)26-12-4-6-15-5-3-11-25-14-15/h1-2,7-10,13,15,25H,3-6,11-12,14H2,(H,26,27). The van der Waals surface area contributed by atoms with Gasteiger partial charge in [-0.1, -0.05) is 18.2 Å². The van der Waals surface area contributed by atoms with E-state index in [0.717, 1.165) is 54.6 Å². The molecular formula is C22H24F2N4. The summed E-state index contributed by atoms with van der Waals surface area (Å²) in [5.41, 5.74) is 2.32. The molecule has 3 heterocycles. The molecule has 28 heavy (non-hydrogen) atoms. The highest BCUT2D eigenvalue weighted by Gasteiger charge is 2.14. The molecule has 2 aromatic heterocycles. The lowest BCUT2D eigenvalue weighted by Gasteiger charge is -2.22. The molecule has 0 spiro atoms. The Labute approximate surface area is 163 Å². The van der Waals surface area contributed by atoms with Gasteiger partial charge >= 0.3 is 0 Å². The second-order valence-corrected chi connectivity index (χ2v) is 7.33. The number of nitrogens with one attached hydrogen (secondary N) is 2. The normalized spacial score (nSPS) is 17.0. The summed E-state index contributed by atoms with van der Waals surface area (Å²) in [5.74, 6) is -0.934. The topological polar surface area (TPSA) is 49.8 Å². The van der Waals surface area contributed by atoms with E-state index in [1.807, 2.05) is 30.3 Å². The maximum Gasteiger partial charge on any atom is 0.224 e. The average molecular weight is 382 g/mol. The van der Waals surface area contributed by atoms with E-state index in [1.54, 1.807) is 0 Å². The van der Waals surface area contributed by atoms with E-state index in [1.165, 1.54) is 25.3 Å².